The molecular formula is C16H19NO2. The molecule has 1 heterocycles. The summed E-state index contributed by atoms with van der Waals surface area (Å²) in [5.41, 5.74) is 2.89. The van der Waals surface area contributed by atoms with Crippen molar-refractivity contribution in [2.45, 2.75) is 38.0 Å². The van der Waals surface area contributed by atoms with Crippen molar-refractivity contribution in [2.24, 2.45) is 0 Å². The fourth-order valence-electron chi connectivity index (χ4n) is 3.16. The second-order valence-electron chi connectivity index (χ2n) is 5.33. The Morgan fingerprint density at radius 2 is 2.05 bits per heavy atom. The number of aromatic amines is 1. The maximum Gasteiger partial charge on any atom is 0.338 e. The lowest BCUT2D eigenvalue weighted by molar-refractivity contribution is 0.0598. The van der Waals surface area contributed by atoms with Crippen LogP contribution in [0.1, 0.15) is 53.9 Å². The Balaban J connectivity index is 2.10. The van der Waals surface area contributed by atoms with Gasteiger partial charge in [0.1, 0.15) is 0 Å². The van der Waals surface area contributed by atoms with Gasteiger partial charge in [-0.05, 0) is 47.9 Å². The van der Waals surface area contributed by atoms with Crippen molar-refractivity contribution < 1.29 is 9.53 Å². The molecule has 0 bridgehead atoms. The molecule has 19 heavy (non-hydrogen) atoms. The molecule has 1 N–H and O–H groups in total. The number of rotatable bonds is 2. The molecule has 0 aliphatic heterocycles. The van der Waals surface area contributed by atoms with E-state index in [0.29, 0.717) is 5.92 Å². The van der Waals surface area contributed by atoms with Crippen LogP contribution < -0.4 is 0 Å². The zero-order valence-electron chi connectivity index (χ0n) is 11.2. The lowest BCUT2D eigenvalue weighted by Crippen LogP contribution is -2.12. The summed E-state index contributed by atoms with van der Waals surface area (Å²) in [5, 5.41) is 1.17. The van der Waals surface area contributed by atoms with E-state index in [9.17, 15) is 4.79 Å². The van der Waals surface area contributed by atoms with Gasteiger partial charge in [0.2, 0.25) is 0 Å². The molecule has 0 amide bonds. The standard InChI is InChI=1S/C16H19NO2/c1-19-16(18)14-10-15-12(7-8-17-15)9-13(14)11-5-3-2-4-6-11/h7-11,17H,2-6H2,1H3. The number of hydrogen-bond acceptors (Lipinski definition) is 2. The third-order valence-electron chi connectivity index (χ3n) is 4.17. The van der Waals surface area contributed by atoms with E-state index in [2.05, 4.69) is 17.1 Å². The van der Waals surface area contributed by atoms with Crippen LogP contribution in [-0.2, 0) is 4.74 Å². The molecular weight excluding hydrogens is 238 g/mol. The Bertz CT molecular complexity index is 594. The van der Waals surface area contributed by atoms with Crippen LogP contribution >= 0.6 is 0 Å². The van der Waals surface area contributed by atoms with Gasteiger partial charge in [-0.3, -0.25) is 0 Å². The van der Waals surface area contributed by atoms with E-state index in [1.165, 1.54) is 50.2 Å². The third kappa shape index (κ3) is 2.25. The average Bonchev–Trinajstić information content (AvgIpc) is 2.93. The summed E-state index contributed by atoms with van der Waals surface area (Å²) in [4.78, 5) is 15.2. The first-order valence-corrected chi connectivity index (χ1v) is 6.99. The van der Waals surface area contributed by atoms with E-state index in [1.807, 2.05) is 12.3 Å². The molecule has 0 unspecified atom stereocenters. The molecule has 1 fully saturated rings. The fraction of sp³-hybridized carbons (Fsp3) is 0.438. The van der Waals surface area contributed by atoms with E-state index in [1.54, 1.807) is 0 Å². The summed E-state index contributed by atoms with van der Waals surface area (Å²) in [6, 6.07) is 6.15. The zero-order chi connectivity index (χ0) is 13.2. The topological polar surface area (TPSA) is 42.1 Å². The molecule has 3 nitrogen and oxygen atoms in total. The highest BCUT2D eigenvalue weighted by molar-refractivity contribution is 5.96. The Labute approximate surface area is 113 Å². The van der Waals surface area contributed by atoms with Crippen molar-refractivity contribution in [1.29, 1.82) is 0 Å². The molecule has 0 saturated heterocycles. The number of methoxy groups -OCH3 is 1. The lowest BCUT2D eigenvalue weighted by Gasteiger charge is -2.23. The highest BCUT2D eigenvalue weighted by Gasteiger charge is 2.22. The molecule has 1 aromatic carbocycles. The van der Waals surface area contributed by atoms with Crippen LogP contribution in [0.3, 0.4) is 0 Å². The monoisotopic (exact) mass is 257 g/mol. The van der Waals surface area contributed by atoms with Gasteiger partial charge in [0.05, 0.1) is 12.7 Å². The predicted octanol–water partition coefficient (Wildman–Crippen LogP) is 4.00. The van der Waals surface area contributed by atoms with Crippen LogP contribution in [-0.4, -0.2) is 18.1 Å². The Morgan fingerprint density at radius 1 is 1.26 bits per heavy atom. The quantitative estimate of drug-likeness (QED) is 0.826. The van der Waals surface area contributed by atoms with Gasteiger partial charge in [-0.2, -0.15) is 0 Å². The van der Waals surface area contributed by atoms with Crippen molar-refractivity contribution >= 4 is 16.9 Å². The van der Waals surface area contributed by atoms with Gasteiger partial charge >= 0.3 is 5.97 Å². The number of H-pyrrole nitrogens is 1. The van der Waals surface area contributed by atoms with E-state index >= 15 is 0 Å². The maximum atomic E-state index is 12.0. The SMILES string of the molecule is COC(=O)c1cc2[nH]ccc2cc1C1CCCCC1. The van der Waals surface area contributed by atoms with Crippen LogP contribution in [0, 0.1) is 0 Å². The minimum Gasteiger partial charge on any atom is -0.465 e. The smallest absolute Gasteiger partial charge is 0.338 e. The van der Waals surface area contributed by atoms with E-state index < -0.39 is 0 Å². The number of carbonyl (C=O) groups is 1. The highest BCUT2D eigenvalue weighted by Crippen LogP contribution is 2.36. The van der Waals surface area contributed by atoms with E-state index in [4.69, 9.17) is 4.74 Å². The number of esters is 1. The van der Waals surface area contributed by atoms with Gasteiger partial charge in [0, 0.05) is 11.7 Å². The van der Waals surface area contributed by atoms with Crippen molar-refractivity contribution in [3.8, 4) is 0 Å². The van der Waals surface area contributed by atoms with Gasteiger partial charge in [-0.25, -0.2) is 4.79 Å². The first kappa shape index (κ1) is 12.3. The number of nitrogens with one attached hydrogen (secondary N) is 1. The van der Waals surface area contributed by atoms with Crippen LogP contribution in [0.15, 0.2) is 24.4 Å². The summed E-state index contributed by atoms with van der Waals surface area (Å²) in [7, 11) is 1.45. The normalized spacial score (nSPS) is 16.7. The minimum atomic E-state index is -0.225. The van der Waals surface area contributed by atoms with Gasteiger partial charge in [-0.1, -0.05) is 19.3 Å². The Morgan fingerprint density at radius 3 is 2.79 bits per heavy atom. The zero-order valence-corrected chi connectivity index (χ0v) is 11.2. The van der Waals surface area contributed by atoms with Gasteiger partial charge in [0.15, 0.2) is 0 Å². The molecule has 1 aliphatic carbocycles. The molecule has 1 aliphatic rings. The number of aromatic nitrogens is 1. The maximum absolute atomic E-state index is 12.0. The summed E-state index contributed by atoms with van der Waals surface area (Å²) in [6.07, 6.45) is 8.11. The number of fused-ring (bicyclic) bond motifs is 1. The number of carbonyl (C=O) groups excluding carboxylic acids is 1. The Hall–Kier alpha value is -1.77. The Kier molecular flexibility index (Phi) is 3.28. The summed E-state index contributed by atoms with van der Waals surface area (Å²) in [5.74, 6) is 0.277. The molecule has 0 spiro atoms. The van der Waals surface area contributed by atoms with Crippen LogP contribution in [0.4, 0.5) is 0 Å². The predicted molar refractivity (Wildman–Crippen MR) is 75.5 cm³/mol. The van der Waals surface area contributed by atoms with Gasteiger partial charge in [0.25, 0.3) is 0 Å². The first-order chi connectivity index (χ1) is 9.29. The van der Waals surface area contributed by atoms with Crippen LogP contribution in [0.25, 0.3) is 10.9 Å². The number of benzene rings is 1. The lowest BCUT2D eigenvalue weighted by atomic mass is 9.81. The van der Waals surface area contributed by atoms with Crippen molar-refractivity contribution in [3.63, 3.8) is 0 Å². The molecule has 3 heteroatoms. The second-order valence-corrected chi connectivity index (χ2v) is 5.33. The average molecular weight is 257 g/mol. The molecule has 2 aromatic rings. The highest BCUT2D eigenvalue weighted by atomic mass is 16.5. The number of ether oxygens (including phenoxy) is 1. The first-order valence-electron chi connectivity index (χ1n) is 6.99. The second kappa shape index (κ2) is 5.08. The molecule has 0 atom stereocenters. The molecule has 1 saturated carbocycles. The van der Waals surface area contributed by atoms with Gasteiger partial charge < -0.3 is 9.72 Å². The van der Waals surface area contributed by atoms with Crippen molar-refractivity contribution in [2.75, 3.05) is 7.11 Å². The minimum absolute atomic E-state index is 0.225. The third-order valence-corrected chi connectivity index (χ3v) is 4.17. The van der Waals surface area contributed by atoms with Crippen molar-refractivity contribution in [3.05, 3.63) is 35.5 Å². The van der Waals surface area contributed by atoms with Crippen LogP contribution in [0.2, 0.25) is 0 Å². The molecule has 100 valence electrons. The summed E-state index contributed by atoms with van der Waals surface area (Å²) in [6.45, 7) is 0. The largest absolute Gasteiger partial charge is 0.465 e. The number of hydrogen-bond donors (Lipinski definition) is 1. The van der Waals surface area contributed by atoms with Crippen molar-refractivity contribution in [1.82, 2.24) is 4.98 Å². The van der Waals surface area contributed by atoms with Crippen LogP contribution in [0.5, 0.6) is 0 Å². The summed E-state index contributed by atoms with van der Waals surface area (Å²) >= 11 is 0. The van der Waals surface area contributed by atoms with E-state index in [-0.39, 0.29) is 5.97 Å². The molecule has 0 radical (unpaired) electrons. The molecule has 1 aromatic heterocycles. The van der Waals surface area contributed by atoms with Gasteiger partial charge in [-0.15, -0.1) is 0 Å². The summed E-state index contributed by atoms with van der Waals surface area (Å²) < 4.78 is 4.94. The molecule has 3 rings (SSSR count). The fourth-order valence-corrected chi connectivity index (χ4v) is 3.16. The van der Waals surface area contributed by atoms with E-state index in [0.717, 1.165) is 11.1 Å².